The Labute approximate surface area is 93.7 Å². The van der Waals surface area contributed by atoms with Crippen molar-refractivity contribution >= 4 is 11.6 Å². The molecule has 0 aliphatic carbocycles. The molecule has 1 unspecified atom stereocenters. The first-order valence-electron chi connectivity index (χ1n) is 5.11. The summed E-state index contributed by atoms with van der Waals surface area (Å²) in [6.07, 6.45) is 0.240. The summed E-state index contributed by atoms with van der Waals surface area (Å²) >= 11 is 0. The summed E-state index contributed by atoms with van der Waals surface area (Å²) in [6.45, 7) is 2.24. The molecule has 4 heteroatoms. The largest absolute Gasteiger partial charge is 0.506 e. The molecule has 0 aromatic heterocycles. The van der Waals surface area contributed by atoms with Gasteiger partial charge in [0, 0.05) is 13.0 Å². The highest BCUT2D eigenvalue weighted by Gasteiger charge is 2.31. The van der Waals surface area contributed by atoms with Crippen LogP contribution in [0.2, 0.25) is 0 Å². The summed E-state index contributed by atoms with van der Waals surface area (Å²) in [4.78, 5) is 13.1. The second-order valence-electron chi connectivity index (χ2n) is 4.03. The van der Waals surface area contributed by atoms with Gasteiger partial charge in [-0.05, 0) is 24.6 Å². The van der Waals surface area contributed by atoms with Crippen molar-refractivity contribution in [1.82, 2.24) is 0 Å². The van der Waals surface area contributed by atoms with Gasteiger partial charge in [0.15, 0.2) is 0 Å². The topological polar surface area (TPSA) is 64.3 Å². The van der Waals surface area contributed by atoms with E-state index >= 15 is 0 Å². The Hall–Kier alpha value is -2.02. The number of carbonyl (C=O) groups is 1. The van der Waals surface area contributed by atoms with Crippen LogP contribution in [0, 0.1) is 24.2 Å². The minimum absolute atomic E-state index is 0.0898. The first kappa shape index (κ1) is 10.5. The molecule has 1 N–H and O–H groups in total. The van der Waals surface area contributed by atoms with Crippen LogP contribution < -0.4 is 4.90 Å². The van der Waals surface area contributed by atoms with E-state index in [0.29, 0.717) is 12.2 Å². The van der Waals surface area contributed by atoms with E-state index in [-0.39, 0.29) is 24.0 Å². The van der Waals surface area contributed by atoms with Crippen molar-refractivity contribution in [2.24, 2.45) is 5.92 Å². The maximum atomic E-state index is 11.6. The monoisotopic (exact) mass is 216 g/mol. The molecule has 1 aliphatic heterocycles. The molecule has 1 saturated heterocycles. The maximum Gasteiger partial charge on any atom is 0.228 e. The van der Waals surface area contributed by atoms with Crippen molar-refractivity contribution in [3.8, 4) is 11.8 Å². The number of hydrogen-bond acceptors (Lipinski definition) is 3. The highest BCUT2D eigenvalue weighted by Crippen LogP contribution is 2.32. The van der Waals surface area contributed by atoms with Crippen LogP contribution in [-0.2, 0) is 4.79 Å². The predicted molar refractivity (Wildman–Crippen MR) is 58.9 cm³/mol. The Kier molecular flexibility index (Phi) is 2.53. The van der Waals surface area contributed by atoms with Gasteiger partial charge in [-0.3, -0.25) is 4.79 Å². The molecule has 1 aromatic carbocycles. The molecule has 0 radical (unpaired) electrons. The van der Waals surface area contributed by atoms with Crippen molar-refractivity contribution in [1.29, 1.82) is 5.26 Å². The van der Waals surface area contributed by atoms with Crippen molar-refractivity contribution < 1.29 is 9.90 Å². The van der Waals surface area contributed by atoms with Gasteiger partial charge in [0.25, 0.3) is 0 Å². The van der Waals surface area contributed by atoms with Crippen LogP contribution in [0.5, 0.6) is 5.75 Å². The van der Waals surface area contributed by atoms with Gasteiger partial charge in [0.05, 0.1) is 17.7 Å². The molecule has 1 fully saturated rings. The molecular formula is C12H12N2O2. The third-order valence-electron chi connectivity index (χ3n) is 2.73. The number of hydrogen-bond donors (Lipinski definition) is 1. The SMILES string of the molecule is Cc1ccc(N2CC(C#N)CC2=O)c(O)c1. The van der Waals surface area contributed by atoms with Gasteiger partial charge in [-0.25, -0.2) is 0 Å². The summed E-state index contributed by atoms with van der Waals surface area (Å²) in [5.41, 5.74) is 1.43. The highest BCUT2D eigenvalue weighted by molar-refractivity contribution is 5.97. The fourth-order valence-corrected chi connectivity index (χ4v) is 1.89. The number of anilines is 1. The van der Waals surface area contributed by atoms with E-state index in [4.69, 9.17) is 5.26 Å². The zero-order valence-corrected chi connectivity index (χ0v) is 8.97. The smallest absolute Gasteiger partial charge is 0.228 e. The number of phenols is 1. The van der Waals surface area contributed by atoms with Crippen LogP contribution in [0.4, 0.5) is 5.69 Å². The lowest BCUT2D eigenvalue weighted by atomic mass is 10.1. The van der Waals surface area contributed by atoms with Gasteiger partial charge in [0.1, 0.15) is 5.75 Å². The average Bonchev–Trinajstić information content (AvgIpc) is 2.60. The normalized spacial score (nSPS) is 19.9. The summed E-state index contributed by atoms with van der Waals surface area (Å²) in [5, 5.41) is 18.5. The van der Waals surface area contributed by atoms with Crippen LogP contribution in [-0.4, -0.2) is 17.6 Å². The fourth-order valence-electron chi connectivity index (χ4n) is 1.89. The highest BCUT2D eigenvalue weighted by atomic mass is 16.3. The van der Waals surface area contributed by atoms with E-state index in [1.165, 1.54) is 4.90 Å². The second kappa shape index (κ2) is 3.86. The zero-order valence-electron chi connectivity index (χ0n) is 8.97. The van der Waals surface area contributed by atoms with Gasteiger partial charge in [0.2, 0.25) is 5.91 Å². The fraction of sp³-hybridized carbons (Fsp3) is 0.333. The predicted octanol–water partition coefficient (Wildman–Crippen LogP) is 1.58. The van der Waals surface area contributed by atoms with Crippen LogP contribution in [0.15, 0.2) is 18.2 Å². The average molecular weight is 216 g/mol. The first-order chi connectivity index (χ1) is 7.61. The molecule has 1 aromatic rings. The molecule has 16 heavy (non-hydrogen) atoms. The minimum atomic E-state index is -0.270. The van der Waals surface area contributed by atoms with Crippen LogP contribution in [0.25, 0.3) is 0 Å². The van der Waals surface area contributed by atoms with Gasteiger partial charge in [-0.2, -0.15) is 5.26 Å². The quantitative estimate of drug-likeness (QED) is 0.775. The molecular weight excluding hydrogens is 204 g/mol. The number of nitriles is 1. The standard InChI is InChI=1S/C12H12N2O2/c1-8-2-3-10(11(15)4-8)14-7-9(6-13)5-12(14)16/h2-4,9,15H,5,7H2,1H3. The third-order valence-corrected chi connectivity index (χ3v) is 2.73. The van der Waals surface area contributed by atoms with Crippen molar-refractivity contribution in [3.05, 3.63) is 23.8 Å². The number of nitrogens with zero attached hydrogens (tertiary/aromatic N) is 2. The molecule has 1 amide bonds. The minimum Gasteiger partial charge on any atom is -0.506 e. The van der Waals surface area contributed by atoms with Crippen LogP contribution >= 0.6 is 0 Å². The van der Waals surface area contributed by atoms with Crippen molar-refractivity contribution in [3.63, 3.8) is 0 Å². The summed E-state index contributed by atoms with van der Waals surface area (Å²) in [7, 11) is 0. The molecule has 1 aliphatic rings. The van der Waals surface area contributed by atoms with Crippen LogP contribution in [0.1, 0.15) is 12.0 Å². The van der Waals surface area contributed by atoms with E-state index in [1.54, 1.807) is 12.1 Å². The number of phenolic OH excluding ortho intramolecular Hbond substituents is 1. The first-order valence-corrected chi connectivity index (χ1v) is 5.11. The summed E-state index contributed by atoms with van der Waals surface area (Å²) < 4.78 is 0. The zero-order chi connectivity index (χ0) is 11.7. The van der Waals surface area contributed by atoms with Gasteiger partial charge < -0.3 is 10.0 Å². The van der Waals surface area contributed by atoms with Crippen molar-refractivity contribution in [2.45, 2.75) is 13.3 Å². The summed E-state index contributed by atoms with van der Waals surface area (Å²) in [6, 6.07) is 7.24. The number of rotatable bonds is 1. The second-order valence-corrected chi connectivity index (χ2v) is 4.03. The Morgan fingerprint density at radius 2 is 2.31 bits per heavy atom. The van der Waals surface area contributed by atoms with Gasteiger partial charge in [-0.15, -0.1) is 0 Å². The number of aromatic hydroxyl groups is 1. The molecule has 0 bridgehead atoms. The number of amides is 1. The van der Waals surface area contributed by atoms with E-state index in [9.17, 15) is 9.90 Å². The molecule has 1 atom stereocenters. The van der Waals surface area contributed by atoms with Gasteiger partial charge in [-0.1, -0.05) is 6.07 Å². The van der Waals surface area contributed by atoms with E-state index in [1.807, 2.05) is 13.0 Å². The molecule has 4 nitrogen and oxygen atoms in total. The van der Waals surface area contributed by atoms with E-state index in [0.717, 1.165) is 5.56 Å². The Balaban J connectivity index is 2.32. The molecule has 0 saturated carbocycles. The van der Waals surface area contributed by atoms with Crippen molar-refractivity contribution in [2.75, 3.05) is 11.4 Å². The number of aryl methyl sites for hydroxylation is 1. The van der Waals surface area contributed by atoms with E-state index < -0.39 is 0 Å². The Bertz CT molecular complexity index is 476. The number of carbonyl (C=O) groups excluding carboxylic acids is 1. The maximum absolute atomic E-state index is 11.6. The lowest BCUT2D eigenvalue weighted by Crippen LogP contribution is -2.24. The van der Waals surface area contributed by atoms with Gasteiger partial charge >= 0.3 is 0 Å². The molecule has 82 valence electrons. The lowest BCUT2D eigenvalue weighted by Gasteiger charge is -2.17. The Morgan fingerprint density at radius 3 is 2.88 bits per heavy atom. The molecule has 0 spiro atoms. The number of benzene rings is 1. The molecule has 2 rings (SSSR count). The lowest BCUT2D eigenvalue weighted by molar-refractivity contribution is -0.117. The summed E-state index contributed by atoms with van der Waals surface area (Å²) in [5.74, 6) is -0.286. The molecule has 1 heterocycles. The van der Waals surface area contributed by atoms with E-state index in [2.05, 4.69) is 6.07 Å². The van der Waals surface area contributed by atoms with Crippen LogP contribution in [0.3, 0.4) is 0 Å². The Morgan fingerprint density at radius 1 is 1.56 bits per heavy atom. The third kappa shape index (κ3) is 1.72.